The summed E-state index contributed by atoms with van der Waals surface area (Å²) in [6.07, 6.45) is 3.52. The van der Waals surface area contributed by atoms with Crippen LogP contribution in [0.15, 0.2) is 53.0 Å². The van der Waals surface area contributed by atoms with Gasteiger partial charge in [0.1, 0.15) is 0 Å². The fraction of sp³-hybridized carbons (Fsp3) is 0.368. The Hall–Kier alpha value is -1.12. The Balaban J connectivity index is 1.98. The minimum atomic E-state index is 0.440. The van der Waals surface area contributed by atoms with Crippen LogP contribution in [-0.2, 0) is 6.42 Å². The second-order valence-electron chi connectivity index (χ2n) is 5.55. The van der Waals surface area contributed by atoms with Gasteiger partial charge in [-0.25, -0.2) is 0 Å². The van der Waals surface area contributed by atoms with E-state index in [1.807, 2.05) is 0 Å². The van der Waals surface area contributed by atoms with E-state index in [-0.39, 0.29) is 0 Å². The average Bonchev–Trinajstić information content (AvgIpc) is 2.46. The number of rotatable bonds is 7. The van der Waals surface area contributed by atoms with Crippen LogP contribution >= 0.6 is 15.9 Å². The summed E-state index contributed by atoms with van der Waals surface area (Å²) < 4.78 is 1.17. The molecule has 2 aromatic rings. The van der Waals surface area contributed by atoms with Crippen LogP contribution in [0.5, 0.6) is 0 Å². The molecule has 1 nitrogen and oxygen atoms in total. The third-order valence-corrected chi connectivity index (χ3v) is 4.18. The summed E-state index contributed by atoms with van der Waals surface area (Å²) in [5.74, 6) is 0. The van der Waals surface area contributed by atoms with Gasteiger partial charge in [-0.15, -0.1) is 0 Å². The van der Waals surface area contributed by atoms with Crippen LogP contribution in [0.1, 0.15) is 42.5 Å². The van der Waals surface area contributed by atoms with E-state index in [1.54, 1.807) is 0 Å². The van der Waals surface area contributed by atoms with Crippen LogP contribution in [0, 0.1) is 6.92 Å². The molecule has 1 atom stereocenters. The molecule has 0 radical (unpaired) electrons. The fourth-order valence-electron chi connectivity index (χ4n) is 2.75. The largest absolute Gasteiger partial charge is 0.310 e. The molecule has 1 unspecified atom stereocenters. The van der Waals surface area contributed by atoms with Gasteiger partial charge in [0.15, 0.2) is 0 Å². The van der Waals surface area contributed by atoms with Crippen LogP contribution in [0.4, 0.5) is 0 Å². The monoisotopic (exact) mass is 345 g/mol. The van der Waals surface area contributed by atoms with Crippen molar-refractivity contribution in [3.05, 3.63) is 69.7 Å². The van der Waals surface area contributed by atoms with E-state index in [2.05, 4.69) is 83.6 Å². The van der Waals surface area contributed by atoms with Gasteiger partial charge in [0.05, 0.1) is 0 Å². The second-order valence-corrected chi connectivity index (χ2v) is 6.47. The van der Waals surface area contributed by atoms with Gasteiger partial charge < -0.3 is 5.32 Å². The van der Waals surface area contributed by atoms with Crippen molar-refractivity contribution in [1.29, 1.82) is 0 Å². The molecule has 0 aliphatic heterocycles. The molecule has 0 saturated heterocycles. The molecule has 0 saturated carbocycles. The standard InChI is InChI=1S/C19H24BrN/c1-3-21-19(17-12-15(2)13-18(20)14-17)11-7-10-16-8-5-4-6-9-16/h4-6,8-9,12-14,19,21H,3,7,10-11H2,1-2H3. The van der Waals surface area contributed by atoms with Crippen LogP contribution in [-0.4, -0.2) is 6.54 Å². The van der Waals surface area contributed by atoms with Gasteiger partial charge >= 0.3 is 0 Å². The summed E-state index contributed by atoms with van der Waals surface area (Å²) in [6.45, 7) is 5.33. The highest BCUT2D eigenvalue weighted by molar-refractivity contribution is 9.10. The number of benzene rings is 2. The highest BCUT2D eigenvalue weighted by Gasteiger charge is 2.11. The summed E-state index contributed by atoms with van der Waals surface area (Å²) in [5, 5.41) is 3.62. The third-order valence-electron chi connectivity index (χ3n) is 3.72. The molecule has 0 heterocycles. The van der Waals surface area contributed by atoms with Crippen LogP contribution < -0.4 is 5.32 Å². The average molecular weight is 346 g/mol. The predicted molar refractivity (Wildman–Crippen MR) is 94.7 cm³/mol. The molecule has 0 fully saturated rings. The smallest absolute Gasteiger partial charge is 0.0320 e. The number of hydrogen-bond donors (Lipinski definition) is 1. The molecule has 0 aliphatic rings. The Bertz CT molecular complexity index is 530. The first kappa shape index (κ1) is 16.3. The van der Waals surface area contributed by atoms with E-state index < -0.39 is 0 Å². The zero-order valence-electron chi connectivity index (χ0n) is 12.9. The van der Waals surface area contributed by atoms with Crippen molar-refractivity contribution in [2.75, 3.05) is 6.54 Å². The van der Waals surface area contributed by atoms with Gasteiger partial charge in [0, 0.05) is 10.5 Å². The highest BCUT2D eigenvalue weighted by Crippen LogP contribution is 2.24. The number of hydrogen-bond acceptors (Lipinski definition) is 1. The Morgan fingerprint density at radius 3 is 2.52 bits per heavy atom. The Labute approximate surface area is 136 Å². The van der Waals surface area contributed by atoms with E-state index in [9.17, 15) is 0 Å². The van der Waals surface area contributed by atoms with Crippen molar-refractivity contribution < 1.29 is 0 Å². The highest BCUT2D eigenvalue weighted by atomic mass is 79.9. The van der Waals surface area contributed by atoms with Gasteiger partial charge in [-0.2, -0.15) is 0 Å². The van der Waals surface area contributed by atoms with E-state index in [4.69, 9.17) is 0 Å². The van der Waals surface area contributed by atoms with Crippen molar-refractivity contribution >= 4 is 15.9 Å². The molecule has 2 rings (SSSR count). The molecular weight excluding hydrogens is 322 g/mol. The van der Waals surface area contributed by atoms with Crippen molar-refractivity contribution in [1.82, 2.24) is 5.32 Å². The van der Waals surface area contributed by atoms with E-state index in [1.165, 1.54) is 34.0 Å². The van der Waals surface area contributed by atoms with Crippen molar-refractivity contribution in [2.45, 2.75) is 39.2 Å². The summed E-state index contributed by atoms with van der Waals surface area (Å²) in [6, 6.07) is 17.9. The number of aryl methyl sites for hydroxylation is 2. The van der Waals surface area contributed by atoms with Crippen LogP contribution in [0.3, 0.4) is 0 Å². The minimum absolute atomic E-state index is 0.440. The molecule has 2 aromatic carbocycles. The second kappa shape index (κ2) is 8.35. The first-order valence-electron chi connectivity index (χ1n) is 7.73. The topological polar surface area (TPSA) is 12.0 Å². The normalized spacial score (nSPS) is 12.3. The lowest BCUT2D eigenvalue weighted by molar-refractivity contribution is 0.497. The molecule has 0 aliphatic carbocycles. The first-order chi connectivity index (χ1) is 10.2. The van der Waals surface area contributed by atoms with E-state index in [0.29, 0.717) is 6.04 Å². The van der Waals surface area contributed by atoms with E-state index in [0.717, 1.165) is 13.0 Å². The predicted octanol–water partition coefficient (Wildman–Crippen LogP) is 5.43. The lowest BCUT2D eigenvalue weighted by Gasteiger charge is -2.19. The van der Waals surface area contributed by atoms with Gasteiger partial charge in [0.2, 0.25) is 0 Å². The molecule has 0 aromatic heterocycles. The Kier molecular flexibility index (Phi) is 6.47. The lowest BCUT2D eigenvalue weighted by Crippen LogP contribution is -2.21. The Morgan fingerprint density at radius 2 is 1.86 bits per heavy atom. The summed E-state index contributed by atoms with van der Waals surface area (Å²) in [4.78, 5) is 0. The molecule has 2 heteroatoms. The van der Waals surface area contributed by atoms with Crippen LogP contribution in [0.25, 0.3) is 0 Å². The SMILES string of the molecule is CCNC(CCCc1ccccc1)c1cc(C)cc(Br)c1. The summed E-state index contributed by atoms with van der Waals surface area (Å²) in [5.41, 5.74) is 4.13. The molecule has 1 N–H and O–H groups in total. The zero-order valence-corrected chi connectivity index (χ0v) is 14.5. The molecule has 21 heavy (non-hydrogen) atoms. The maximum atomic E-state index is 3.62. The summed E-state index contributed by atoms with van der Waals surface area (Å²) >= 11 is 3.61. The molecule has 0 amide bonds. The quantitative estimate of drug-likeness (QED) is 0.705. The number of nitrogens with one attached hydrogen (secondary N) is 1. The van der Waals surface area contributed by atoms with Crippen molar-refractivity contribution in [3.63, 3.8) is 0 Å². The zero-order chi connectivity index (χ0) is 15.1. The molecule has 0 bridgehead atoms. The molecule has 112 valence electrons. The fourth-order valence-corrected chi connectivity index (χ4v) is 3.38. The first-order valence-corrected chi connectivity index (χ1v) is 8.52. The Morgan fingerprint density at radius 1 is 1.10 bits per heavy atom. The molecule has 0 spiro atoms. The summed E-state index contributed by atoms with van der Waals surface area (Å²) in [7, 11) is 0. The van der Waals surface area contributed by atoms with Gasteiger partial charge in [0.25, 0.3) is 0 Å². The van der Waals surface area contributed by atoms with Crippen molar-refractivity contribution in [2.24, 2.45) is 0 Å². The van der Waals surface area contributed by atoms with Gasteiger partial charge in [-0.3, -0.25) is 0 Å². The third kappa shape index (κ3) is 5.29. The van der Waals surface area contributed by atoms with Gasteiger partial charge in [-0.05, 0) is 61.6 Å². The molecular formula is C19H24BrN. The van der Waals surface area contributed by atoms with Gasteiger partial charge in [-0.1, -0.05) is 59.3 Å². The van der Waals surface area contributed by atoms with Crippen LogP contribution in [0.2, 0.25) is 0 Å². The van der Waals surface area contributed by atoms with E-state index >= 15 is 0 Å². The van der Waals surface area contributed by atoms with Crippen molar-refractivity contribution in [3.8, 4) is 0 Å². The maximum Gasteiger partial charge on any atom is 0.0320 e. The maximum absolute atomic E-state index is 3.62. The lowest BCUT2D eigenvalue weighted by atomic mass is 9.98. The number of halogens is 1. The minimum Gasteiger partial charge on any atom is -0.310 e.